The van der Waals surface area contributed by atoms with Crippen molar-refractivity contribution >= 4 is 23.5 Å². The molecular formula is C12H13N3OS. The van der Waals surface area contributed by atoms with E-state index in [0.29, 0.717) is 11.4 Å². The summed E-state index contributed by atoms with van der Waals surface area (Å²) in [5.41, 5.74) is 1.59. The van der Waals surface area contributed by atoms with Crippen LogP contribution in [-0.2, 0) is 0 Å². The Hall–Kier alpha value is -1.75. The molecule has 1 aromatic carbocycles. The van der Waals surface area contributed by atoms with Crippen LogP contribution in [0.15, 0.2) is 35.4 Å². The molecule has 17 heavy (non-hydrogen) atoms. The molecule has 0 saturated heterocycles. The van der Waals surface area contributed by atoms with Crippen molar-refractivity contribution in [2.45, 2.75) is 11.8 Å². The average molecular weight is 247 g/mol. The summed E-state index contributed by atoms with van der Waals surface area (Å²) >= 11 is 1.55. The molecule has 1 heterocycles. The molecule has 0 radical (unpaired) electrons. The first-order valence-corrected chi connectivity index (χ1v) is 6.39. The Morgan fingerprint density at radius 2 is 2.18 bits per heavy atom. The van der Waals surface area contributed by atoms with Crippen molar-refractivity contribution in [1.29, 1.82) is 0 Å². The third-order valence-corrected chi connectivity index (χ3v) is 3.21. The molecular weight excluding hydrogens is 234 g/mol. The average Bonchev–Trinajstić information content (AvgIpc) is 2.75. The second-order valence-corrected chi connectivity index (χ2v) is 4.43. The number of anilines is 1. The molecule has 0 aliphatic carbocycles. The minimum atomic E-state index is -0.123. The van der Waals surface area contributed by atoms with Gasteiger partial charge >= 0.3 is 0 Å². The number of hydrogen-bond acceptors (Lipinski definition) is 3. The highest BCUT2D eigenvalue weighted by Crippen LogP contribution is 2.21. The van der Waals surface area contributed by atoms with E-state index in [4.69, 9.17) is 0 Å². The van der Waals surface area contributed by atoms with Crippen molar-refractivity contribution in [3.8, 4) is 0 Å². The lowest BCUT2D eigenvalue weighted by Gasteiger charge is -2.07. The van der Waals surface area contributed by atoms with E-state index in [1.807, 2.05) is 37.4 Å². The van der Waals surface area contributed by atoms with E-state index in [2.05, 4.69) is 15.5 Å². The van der Waals surface area contributed by atoms with E-state index in [-0.39, 0.29) is 5.91 Å². The van der Waals surface area contributed by atoms with Crippen molar-refractivity contribution in [1.82, 2.24) is 10.2 Å². The number of H-pyrrole nitrogens is 1. The second-order valence-electron chi connectivity index (χ2n) is 3.58. The molecule has 0 unspecified atom stereocenters. The molecule has 0 aliphatic rings. The first-order valence-electron chi connectivity index (χ1n) is 5.16. The molecule has 1 aromatic heterocycles. The van der Waals surface area contributed by atoms with E-state index >= 15 is 0 Å². The van der Waals surface area contributed by atoms with Crippen LogP contribution >= 0.6 is 11.8 Å². The molecule has 0 saturated carbocycles. The number of thioether (sulfide) groups is 1. The topological polar surface area (TPSA) is 57.8 Å². The third-order valence-electron chi connectivity index (χ3n) is 2.42. The van der Waals surface area contributed by atoms with Crippen LogP contribution in [0.5, 0.6) is 0 Å². The fourth-order valence-electron chi connectivity index (χ4n) is 1.49. The first-order chi connectivity index (χ1) is 8.22. The van der Waals surface area contributed by atoms with Gasteiger partial charge in [-0.05, 0) is 25.3 Å². The van der Waals surface area contributed by atoms with Crippen molar-refractivity contribution in [3.63, 3.8) is 0 Å². The van der Waals surface area contributed by atoms with Gasteiger partial charge in [0.1, 0.15) is 5.82 Å². The summed E-state index contributed by atoms with van der Waals surface area (Å²) in [7, 11) is 0. The number of aromatic amines is 1. The lowest BCUT2D eigenvalue weighted by molar-refractivity contribution is 0.102. The molecule has 5 heteroatoms. The van der Waals surface area contributed by atoms with Crippen LogP contribution in [0, 0.1) is 6.92 Å². The largest absolute Gasteiger partial charge is 0.307 e. The maximum Gasteiger partial charge on any atom is 0.257 e. The Morgan fingerprint density at radius 1 is 1.41 bits per heavy atom. The third kappa shape index (κ3) is 2.50. The highest BCUT2D eigenvalue weighted by Gasteiger charge is 2.12. The summed E-state index contributed by atoms with van der Waals surface area (Å²) in [5, 5.41) is 9.43. The molecule has 1 amide bonds. The van der Waals surface area contributed by atoms with Crippen LogP contribution < -0.4 is 5.32 Å². The van der Waals surface area contributed by atoms with Gasteiger partial charge in [0.25, 0.3) is 5.91 Å². The lowest BCUT2D eigenvalue weighted by Crippen LogP contribution is -2.13. The predicted octanol–water partition coefficient (Wildman–Crippen LogP) is 2.69. The molecule has 0 fully saturated rings. The highest BCUT2D eigenvalue weighted by molar-refractivity contribution is 7.98. The normalized spacial score (nSPS) is 10.2. The number of carbonyl (C=O) groups is 1. The zero-order chi connectivity index (χ0) is 12.3. The van der Waals surface area contributed by atoms with Crippen molar-refractivity contribution in [2.75, 3.05) is 11.6 Å². The van der Waals surface area contributed by atoms with Crippen LogP contribution in [0.1, 0.15) is 15.9 Å². The molecule has 0 aliphatic heterocycles. The van der Waals surface area contributed by atoms with Gasteiger partial charge in [0.2, 0.25) is 0 Å². The van der Waals surface area contributed by atoms with Crippen LogP contribution in [0.2, 0.25) is 0 Å². The van der Waals surface area contributed by atoms with Crippen LogP contribution in [0.4, 0.5) is 5.82 Å². The summed E-state index contributed by atoms with van der Waals surface area (Å²) in [4.78, 5) is 13.0. The number of aromatic nitrogens is 2. The fourth-order valence-corrected chi connectivity index (χ4v) is 2.08. The van der Waals surface area contributed by atoms with Crippen molar-refractivity contribution in [3.05, 3.63) is 41.6 Å². The number of hydrogen-bond donors (Lipinski definition) is 2. The predicted molar refractivity (Wildman–Crippen MR) is 69.5 cm³/mol. The SMILES string of the molecule is CSc1ccccc1C(=O)Nc1[nH]ncc1C. The van der Waals surface area contributed by atoms with Crippen LogP contribution in [-0.4, -0.2) is 22.4 Å². The fraction of sp³-hybridized carbons (Fsp3) is 0.167. The van der Waals surface area contributed by atoms with Gasteiger partial charge in [-0.15, -0.1) is 11.8 Å². The van der Waals surface area contributed by atoms with E-state index in [9.17, 15) is 4.79 Å². The Kier molecular flexibility index (Phi) is 3.49. The number of nitrogens with one attached hydrogen (secondary N) is 2. The summed E-state index contributed by atoms with van der Waals surface area (Å²) in [6, 6.07) is 7.52. The molecule has 0 atom stereocenters. The molecule has 2 rings (SSSR count). The Morgan fingerprint density at radius 3 is 2.82 bits per heavy atom. The maximum atomic E-state index is 12.1. The van der Waals surface area contributed by atoms with E-state index < -0.39 is 0 Å². The van der Waals surface area contributed by atoms with E-state index in [0.717, 1.165) is 10.5 Å². The maximum absolute atomic E-state index is 12.1. The molecule has 2 aromatic rings. The first kappa shape index (κ1) is 11.7. The van der Waals surface area contributed by atoms with Crippen LogP contribution in [0.25, 0.3) is 0 Å². The Balaban J connectivity index is 2.23. The quantitative estimate of drug-likeness (QED) is 0.820. The zero-order valence-corrected chi connectivity index (χ0v) is 10.5. The summed E-state index contributed by atoms with van der Waals surface area (Å²) in [6.07, 6.45) is 3.63. The highest BCUT2D eigenvalue weighted by atomic mass is 32.2. The van der Waals surface area contributed by atoms with Gasteiger partial charge in [-0.3, -0.25) is 9.89 Å². The van der Waals surface area contributed by atoms with Gasteiger partial charge in [0.05, 0.1) is 11.8 Å². The van der Waals surface area contributed by atoms with Gasteiger partial charge in [-0.2, -0.15) is 5.10 Å². The van der Waals surface area contributed by atoms with E-state index in [1.165, 1.54) is 0 Å². The number of nitrogens with zero attached hydrogens (tertiary/aromatic N) is 1. The standard InChI is InChI=1S/C12H13N3OS/c1-8-7-13-15-11(8)14-12(16)9-5-3-4-6-10(9)17-2/h3-7H,1-2H3,(H2,13,14,15,16). The second kappa shape index (κ2) is 5.05. The van der Waals surface area contributed by atoms with Gasteiger partial charge in [0.15, 0.2) is 0 Å². The smallest absolute Gasteiger partial charge is 0.257 e. The van der Waals surface area contributed by atoms with Crippen molar-refractivity contribution < 1.29 is 4.79 Å². The Labute approximate surface area is 104 Å². The van der Waals surface area contributed by atoms with Gasteiger partial charge in [0, 0.05) is 10.5 Å². The number of amides is 1. The summed E-state index contributed by atoms with van der Waals surface area (Å²) in [5.74, 6) is 0.521. The van der Waals surface area contributed by atoms with Gasteiger partial charge in [-0.1, -0.05) is 12.1 Å². The molecule has 2 N–H and O–H groups in total. The summed E-state index contributed by atoms with van der Waals surface area (Å²) < 4.78 is 0. The number of rotatable bonds is 3. The van der Waals surface area contributed by atoms with E-state index in [1.54, 1.807) is 18.0 Å². The number of aryl methyl sites for hydroxylation is 1. The molecule has 0 spiro atoms. The van der Waals surface area contributed by atoms with Crippen LogP contribution in [0.3, 0.4) is 0 Å². The monoisotopic (exact) mass is 247 g/mol. The number of benzene rings is 1. The van der Waals surface area contributed by atoms with Gasteiger partial charge in [-0.25, -0.2) is 0 Å². The number of carbonyl (C=O) groups excluding carboxylic acids is 1. The minimum absolute atomic E-state index is 0.123. The van der Waals surface area contributed by atoms with Gasteiger partial charge < -0.3 is 5.32 Å². The lowest BCUT2D eigenvalue weighted by atomic mass is 10.2. The molecule has 88 valence electrons. The zero-order valence-electron chi connectivity index (χ0n) is 9.65. The molecule has 0 bridgehead atoms. The molecule has 4 nitrogen and oxygen atoms in total. The minimum Gasteiger partial charge on any atom is -0.307 e. The summed E-state index contributed by atoms with van der Waals surface area (Å²) in [6.45, 7) is 1.89. The van der Waals surface area contributed by atoms with Crippen molar-refractivity contribution in [2.24, 2.45) is 0 Å². The Bertz CT molecular complexity index is 536.